The number of fused-ring (bicyclic) bond motifs is 28. The molecule has 8 nitrogen and oxygen atoms in total. The Morgan fingerprint density at radius 2 is 0.632 bits per heavy atom. The van der Waals surface area contributed by atoms with Gasteiger partial charge in [-0.25, -0.2) is 19.9 Å². The Kier molecular flexibility index (Phi) is 12.8. The van der Waals surface area contributed by atoms with Gasteiger partial charge in [-0.15, -0.1) is 22.7 Å². The molecule has 0 unspecified atom stereocenters. The minimum Gasteiger partial charge on any atom is -0.308 e. The smallest absolute Gasteiger partial charge is 0.235 e. The Morgan fingerprint density at radius 1 is 0.211 bits per heavy atom. The van der Waals surface area contributed by atoms with Gasteiger partial charge in [-0.2, -0.15) is 0 Å². The van der Waals surface area contributed by atoms with Gasteiger partial charge in [0.2, 0.25) is 5.95 Å². The molecule has 16 aromatic carbocycles. The number of hydrogen-bond acceptors (Lipinski definition) is 6. The van der Waals surface area contributed by atoms with Crippen molar-refractivity contribution in [2.24, 2.45) is 0 Å². The van der Waals surface area contributed by atoms with Crippen molar-refractivity contribution >= 4 is 151 Å². The van der Waals surface area contributed by atoms with Crippen LogP contribution in [-0.2, 0) is 0 Å². The Morgan fingerprint density at radius 3 is 1.26 bits per heavy atom. The average Bonchev–Trinajstić information content (AvgIpc) is 1.54. The summed E-state index contributed by atoms with van der Waals surface area (Å²) in [6, 6.07) is 130. The van der Waals surface area contributed by atoms with Crippen LogP contribution in [0.15, 0.2) is 352 Å². The van der Waals surface area contributed by atoms with Gasteiger partial charge < -0.3 is 9.13 Å². The van der Waals surface area contributed by atoms with Crippen molar-refractivity contribution in [2.75, 3.05) is 0 Å². The summed E-state index contributed by atoms with van der Waals surface area (Å²) in [6.45, 7) is 0. The first-order valence-corrected chi connectivity index (χ1v) is 40.4. The lowest BCUT2D eigenvalue weighted by Gasteiger charge is -2.18. The summed E-state index contributed by atoms with van der Waals surface area (Å²) in [4.78, 5) is 24.2. The van der Waals surface area contributed by atoms with E-state index in [1.54, 1.807) is 22.7 Å². The van der Waals surface area contributed by atoms with Gasteiger partial charge in [0.15, 0.2) is 5.82 Å². The van der Waals surface area contributed by atoms with E-state index in [1.165, 1.54) is 71.0 Å². The highest BCUT2D eigenvalue weighted by atomic mass is 32.1. The zero-order valence-corrected chi connectivity index (χ0v) is 62.5. The van der Waals surface area contributed by atoms with E-state index in [2.05, 4.69) is 370 Å². The van der Waals surface area contributed by atoms with Crippen LogP contribution in [-0.4, -0.2) is 38.2 Å². The maximum atomic E-state index is 5.96. The average molecular weight is 1480 g/mol. The predicted molar refractivity (Wildman–Crippen MR) is 477 cm³/mol. The fraction of sp³-hybridized carbons (Fsp3) is 0. The highest BCUT2D eigenvalue weighted by molar-refractivity contribution is 7.26. The Bertz CT molecular complexity index is 8380. The molecule has 0 spiro atoms. The lowest BCUT2D eigenvalue weighted by molar-refractivity contribution is 1.02. The molecule has 526 valence electrons. The van der Waals surface area contributed by atoms with E-state index in [0.29, 0.717) is 5.95 Å². The van der Waals surface area contributed by atoms with Gasteiger partial charge in [-0.1, -0.05) is 279 Å². The van der Waals surface area contributed by atoms with Crippen molar-refractivity contribution in [3.05, 3.63) is 352 Å². The monoisotopic (exact) mass is 1480 g/mol. The highest BCUT2D eigenvalue weighted by Crippen LogP contribution is 2.54. The van der Waals surface area contributed by atoms with Gasteiger partial charge in [0.05, 0.1) is 71.4 Å². The number of benzene rings is 16. The maximum absolute atomic E-state index is 5.96. The normalized spacial score (nSPS) is 12.4. The third-order valence-corrected chi connectivity index (χ3v) is 26.6. The molecule has 114 heavy (non-hydrogen) atoms. The van der Waals surface area contributed by atoms with Crippen LogP contribution < -0.4 is 0 Å². The van der Waals surface area contributed by atoms with Crippen LogP contribution in [0.25, 0.3) is 252 Å². The van der Waals surface area contributed by atoms with Crippen LogP contribution in [0.4, 0.5) is 0 Å². The summed E-state index contributed by atoms with van der Waals surface area (Å²) in [7, 11) is 0. The van der Waals surface area contributed by atoms with E-state index >= 15 is 0 Å². The molecule has 0 saturated heterocycles. The van der Waals surface area contributed by atoms with Gasteiger partial charge in [-0.05, 0) is 128 Å². The Balaban J connectivity index is 0.673. The van der Waals surface area contributed by atoms with E-state index in [9.17, 15) is 0 Å². The van der Waals surface area contributed by atoms with Gasteiger partial charge in [0.25, 0.3) is 0 Å². The minimum atomic E-state index is 0.633. The SMILES string of the molecule is c1ccc(-c2cc(-c3ccc4c(c3)-c3cccc5c6cc7c(cc6n(c35)-c3ccccc3-4)c3ccccc3n7-c3nc(-c4ccccc4-c4ccccc4)c4sc5ccccc5c4n3)ccc2-c2nc3sc4ccccc4c3nc2-n2c3ccccc3c3cc4c(cc32)c2cccc3c2n4-c2ccccc2-c2ccccc2-3)cc1. The second-order valence-corrected chi connectivity index (χ2v) is 32.3. The second kappa shape index (κ2) is 23.4. The number of para-hydroxylation sites is 6. The molecule has 2 aliphatic rings. The summed E-state index contributed by atoms with van der Waals surface area (Å²) in [5.74, 6) is 1.41. The van der Waals surface area contributed by atoms with E-state index in [-0.39, 0.29) is 0 Å². The molecule has 26 rings (SSSR count). The van der Waals surface area contributed by atoms with Crippen molar-refractivity contribution < 1.29 is 0 Å². The van der Waals surface area contributed by atoms with E-state index < -0.39 is 0 Å². The molecule has 0 aliphatic carbocycles. The number of aromatic nitrogens is 8. The molecule has 8 aromatic heterocycles. The largest absolute Gasteiger partial charge is 0.308 e. The zero-order valence-electron chi connectivity index (χ0n) is 60.9. The number of thiophene rings is 2. The number of hydrogen-bond donors (Lipinski definition) is 0. The quantitative estimate of drug-likeness (QED) is 0.159. The molecular formula is C104H58N8S2. The third-order valence-electron chi connectivity index (χ3n) is 24.3. The first-order chi connectivity index (χ1) is 56.6. The fourth-order valence-electron chi connectivity index (χ4n) is 19.4. The molecule has 0 bridgehead atoms. The molecule has 0 saturated carbocycles. The first-order valence-electron chi connectivity index (χ1n) is 38.8. The lowest BCUT2D eigenvalue weighted by atomic mass is 9.88. The summed E-state index contributed by atoms with van der Waals surface area (Å²) >= 11 is 3.47. The summed E-state index contributed by atoms with van der Waals surface area (Å²) in [5.41, 5.74) is 33.0. The van der Waals surface area contributed by atoms with Gasteiger partial charge in [-0.3, -0.25) is 9.13 Å². The van der Waals surface area contributed by atoms with Gasteiger partial charge in [0.1, 0.15) is 16.0 Å². The summed E-state index contributed by atoms with van der Waals surface area (Å²) < 4.78 is 13.2. The van der Waals surface area contributed by atoms with Gasteiger partial charge in [0, 0.05) is 96.6 Å². The highest BCUT2D eigenvalue weighted by Gasteiger charge is 2.32. The van der Waals surface area contributed by atoms with Crippen LogP contribution in [0.1, 0.15) is 0 Å². The molecule has 2 aliphatic heterocycles. The molecule has 0 fully saturated rings. The first kappa shape index (κ1) is 62.1. The van der Waals surface area contributed by atoms with Crippen molar-refractivity contribution in [1.82, 2.24) is 38.2 Å². The summed E-state index contributed by atoms with van der Waals surface area (Å²) in [5, 5.41) is 11.5. The van der Waals surface area contributed by atoms with Crippen LogP contribution >= 0.6 is 22.7 Å². The van der Waals surface area contributed by atoms with Crippen molar-refractivity contribution in [2.45, 2.75) is 0 Å². The zero-order chi connectivity index (χ0) is 74.1. The van der Waals surface area contributed by atoms with E-state index in [1.807, 2.05) is 0 Å². The van der Waals surface area contributed by atoms with Crippen molar-refractivity contribution in [3.8, 4) is 124 Å². The molecular weight excluding hydrogens is 1430 g/mol. The molecule has 0 N–H and O–H groups in total. The molecule has 0 amide bonds. The fourth-order valence-corrected chi connectivity index (χ4v) is 21.6. The number of rotatable bonds is 7. The Labute approximate surface area is 659 Å². The molecule has 10 heterocycles. The molecule has 24 aromatic rings. The number of nitrogens with zero attached hydrogens (tertiary/aromatic N) is 8. The second-order valence-electron chi connectivity index (χ2n) is 30.2. The predicted octanol–water partition coefficient (Wildman–Crippen LogP) is 28.0. The van der Waals surface area contributed by atoms with Crippen LogP contribution in [0.2, 0.25) is 0 Å². The topological polar surface area (TPSA) is 71.3 Å². The van der Waals surface area contributed by atoms with Crippen LogP contribution in [0.3, 0.4) is 0 Å². The minimum absolute atomic E-state index is 0.633. The molecule has 0 atom stereocenters. The van der Waals surface area contributed by atoms with E-state index in [0.717, 1.165) is 175 Å². The van der Waals surface area contributed by atoms with Crippen LogP contribution in [0.5, 0.6) is 0 Å². The molecule has 0 radical (unpaired) electrons. The Hall–Kier alpha value is -14.7. The van der Waals surface area contributed by atoms with Crippen molar-refractivity contribution in [1.29, 1.82) is 0 Å². The standard InChI is InChI=1S/C104H58N8S2/c1-3-25-59(26-4-1)63-29-7-10-36-71(63)95-101-96(77-37-15-21-47-93(77)113-101)108-104(107-95)112-88-46-20-14-35-70(88)82-56-90-84(58-92(82)112)76-42-24-40-74-80-54-62(49-51-66(80)68-33-12-18-44-86(68)110(90)100(74)76)61-50-52-72(79(53-61)60-27-5-2-6-28-60)97-102(105-98-78-38-16-22-48-94(78)114-103(98)106-97)111-87-45-19-13-34-69(87)81-55-89-83(57-91(81)111)75-41-23-39-73-65-31-9-8-30-64(65)67-32-11-17-43-85(67)109(89)99(73)75/h1-58H. The summed E-state index contributed by atoms with van der Waals surface area (Å²) in [6.07, 6.45) is 0. The van der Waals surface area contributed by atoms with E-state index in [4.69, 9.17) is 19.9 Å². The third kappa shape index (κ3) is 8.64. The van der Waals surface area contributed by atoms with Crippen LogP contribution in [0, 0.1) is 0 Å². The molecule has 10 heteroatoms. The maximum Gasteiger partial charge on any atom is 0.235 e. The lowest BCUT2D eigenvalue weighted by Crippen LogP contribution is -2.04. The van der Waals surface area contributed by atoms with Gasteiger partial charge >= 0.3 is 0 Å². The van der Waals surface area contributed by atoms with Crippen molar-refractivity contribution in [3.63, 3.8) is 0 Å².